The first-order chi connectivity index (χ1) is 9.36. The molecule has 0 heterocycles. The molecule has 0 bridgehead atoms. The molecule has 0 radical (unpaired) electrons. The van der Waals surface area contributed by atoms with E-state index < -0.39 is 22.0 Å². The maximum Gasteiger partial charge on any atom is 0.338 e. The third kappa shape index (κ3) is 4.63. The van der Waals surface area contributed by atoms with Crippen LogP contribution in [-0.4, -0.2) is 38.6 Å². The van der Waals surface area contributed by atoms with Crippen LogP contribution in [0, 0.1) is 0 Å². The number of hydrogen-bond acceptors (Lipinski definition) is 5. The molecule has 0 atom stereocenters. The fraction of sp³-hybridized carbons (Fsp3) is 0.333. The highest BCUT2D eigenvalue weighted by atomic mass is 32.2. The Morgan fingerprint density at radius 3 is 2.65 bits per heavy atom. The summed E-state index contributed by atoms with van der Waals surface area (Å²) >= 11 is 0. The van der Waals surface area contributed by atoms with E-state index in [-0.39, 0.29) is 30.0 Å². The molecule has 0 saturated carbocycles. The van der Waals surface area contributed by atoms with Crippen LogP contribution < -0.4 is 4.72 Å². The van der Waals surface area contributed by atoms with E-state index in [1.807, 2.05) is 0 Å². The van der Waals surface area contributed by atoms with E-state index in [1.165, 1.54) is 24.3 Å². The molecular formula is C12H15NO6S. The predicted octanol–water partition coefficient (Wildman–Crippen LogP) is 0.616. The van der Waals surface area contributed by atoms with E-state index in [0.717, 1.165) is 0 Å². The number of carboxylic acid groups (broad SMARTS) is 1. The molecule has 0 aliphatic heterocycles. The van der Waals surface area contributed by atoms with Crippen molar-refractivity contribution in [2.75, 3.05) is 13.2 Å². The lowest BCUT2D eigenvalue weighted by atomic mass is 10.2. The number of rotatable bonds is 7. The van der Waals surface area contributed by atoms with Gasteiger partial charge in [-0.2, -0.15) is 0 Å². The van der Waals surface area contributed by atoms with E-state index in [0.29, 0.717) is 0 Å². The Balaban J connectivity index is 2.87. The first-order valence-corrected chi connectivity index (χ1v) is 7.33. The van der Waals surface area contributed by atoms with Gasteiger partial charge in [0.25, 0.3) is 0 Å². The SMILES string of the molecule is CCOC(=O)c1cccc(S(=O)(=O)NCCC(=O)O)c1. The molecule has 1 aromatic carbocycles. The van der Waals surface area contributed by atoms with Gasteiger partial charge in [-0.15, -0.1) is 0 Å². The number of sulfonamides is 1. The standard InChI is InChI=1S/C12H15NO6S/c1-2-19-12(16)9-4-3-5-10(8-9)20(17,18)13-7-6-11(14)15/h3-5,8,13H,2,6-7H2,1H3,(H,14,15). The number of carbonyl (C=O) groups is 2. The number of aliphatic carboxylic acids is 1. The van der Waals surface area contributed by atoms with Gasteiger partial charge in [0.05, 0.1) is 23.5 Å². The lowest BCUT2D eigenvalue weighted by Crippen LogP contribution is -2.26. The van der Waals surface area contributed by atoms with E-state index in [2.05, 4.69) is 4.72 Å². The van der Waals surface area contributed by atoms with Crippen LogP contribution in [0.1, 0.15) is 23.7 Å². The molecule has 1 aromatic rings. The molecule has 0 aliphatic rings. The van der Waals surface area contributed by atoms with Crippen molar-refractivity contribution < 1.29 is 27.9 Å². The van der Waals surface area contributed by atoms with Gasteiger partial charge in [-0.25, -0.2) is 17.9 Å². The zero-order valence-electron chi connectivity index (χ0n) is 10.8. The molecule has 2 N–H and O–H groups in total. The Bertz CT molecular complexity index is 596. The summed E-state index contributed by atoms with van der Waals surface area (Å²) in [6.07, 6.45) is -0.323. The van der Waals surface area contributed by atoms with Gasteiger partial charge in [-0.3, -0.25) is 4.79 Å². The van der Waals surface area contributed by atoms with E-state index in [1.54, 1.807) is 6.92 Å². The zero-order valence-corrected chi connectivity index (χ0v) is 11.6. The Hall–Kier alpha value is -1.93. The fourth-order valence-corrected chi connectivity index (χ4v) is 2.46. The number of carboxylic acids is 1. The van der Waals surface area contributed by atoms with Gasteiger partial charge >= 0.3 is 11.9 Å². The molecule has 7 nitrogen and oxygen atoms in total. The maximum absolute atomic E-state index is 11.9. The molecule has 0 spiro atoms. The topological polar surface area (TPSA) is 110 Å². The Labute approximate surface area is 116 Å². The molecule has 1 rings (SSSR count). The maximum atomic E-state index is 11.9. The molecule has 0 fully saturated rings. The van der Waals surface area contributed by atoms with E-state index >= 15 is 0 Å². The van der Waals surface area contributed by atoms with Gasteiger partial charge in [0.2, 0.25) is 10.0 Å². The van der Waals surface area contributed by atoms with Crippen LogP contribution in [0.25, 0.3) is 0 Å². The van der Waals surface area contributed by atoms with Crippen molar-refractivity contribution in [2.45, 2.75) is 18.2 Å². The van der Waals surface area contributed by atoms with Gasteiger partial charge in [0, 0.05) is 6.54 Å². The summed E-state index contributed by atoms with van der Waals surface area (Å²) in [6.45, 7) is 1.61. The van der Waals surface area contributed by atoms with Crippen LogP contribution in [0.4, 0.5) is 0 Å². The largest absolute Gasteiger partial charge is 0.481 e. The minimum atomic E-state index is -3.85. The molecule has 110 valence electrons. The highest BCUT2D eigenvalue weighted by Crippen LogP contribution is 2.12. The molecule has 0 aliphatic carbocycles. The molecular weight excluding hydrogens is 286 g/mol. The summed E-state index contributed by atoms with van der Waals surface area (Å²) < 4.78 is 30.7. The van der Waals surface area contributed by atoms with Gasteiger partial charge < -0.3 is 9.84 Å². The minimum absolute atomic E-state index is 0.117. The quantitative estimate of drug-likeness (QED) is 0.714. The second-order valence-electron chi connectivity index (χ2n) is 3.79. The summed E-state index contributed by atoms with van der Waals surface area (Å²) in [4.78, 5) is 21.7. The van der Waals surface area contributed by atoms with Crippen molar-refractivity contribution >= 4 is 22.0 Å². The summed E-state index contributed by atoms with van der Waals surface area (Å²) in [5.74, 6) is -1.72. The molecule has 20 heavy (non-hydrogen) atoms. The number of esters is 1. The van der Waals surface area contributed by atoms with Gasteiger partial charge in [0.1, 0.15) is 0 Å². The fourth-order valence-electron chi connectivity index (χ4n) is 1.38. The highest BCUT2D eigenvalue weighted by Gasteiger charge is 2.16. The van der Waals surface area contributed by atoms with Crippen LogP contribution in [-0.2, 0) is 19.6 Å². The Morgan fingerprint density at radius 2 is 2.05 bits per heavy atom. The van der Waals surface area contributed by atoms with Crippen molar-refractivity contribution in [1.29, 1.82) is 0 Å². The predicted molar refractivity (Wildman–Crippen MR) is 69.8 cm³/mol. The second kappa shape index (κ2) is 7.01. The van der Waals surface area contributed by atoms with Crippen LogP contribution in [0.3, 0.4) is 0 Å². The first-order valence-electron chi connectivity index (χ1n) is 5.85. The van der Waals surface area contributed by atoms with Crippen LogP contribution >= 0.6 is 0 Å². The normalized spacial score (nSPS) is 11.1. The van der Waals surface area contributed by atoms with Crippen molar-refractivity contribution in [2.24, 2.45) is 0 Å². The third-order valence-electron chi connectivity index (χ3n) is 2.29. The van der Waals surface area contributed by atoms with Crippen LogP contribution in [0.15, 0.2) is 29.2 Å². The monoisotopic (exact) mass is 301 g/mol. The van der Waals surface area contributed by atoms with E-state index in [9.17, 15) is 18.0 Å². The summed E-state index contributed by atoms with van der Waals surface area (Å²) in [7, 11) is -3.85. The number of hydrogen-bond donors (Lipinski definition) is 2. The van der Waals surface area contributed by atoms with Gasteiger partial charge in [-0.05, 0) is 25.1 Å². The third-order valence-corrected chi connectivity index (χ3v) is 3.75. The Kier molecular flexibility index (Phi) is 5.66. The van der Waals surface area contributed by atoms with Crippen LogP contribution in [0.2, 0.25) is 0 Å². The molecule has 0 aromatic heterocycles. The summed E-state index contributed by atoms with van der Waals surface area (Å²) in [5.41, 5.74) is 0.118. The number of benzene rings is 1. The smallest absolute Gasteiger partial charge is 0.338 e. The first kappa shape index (κ1) is 16.1. The second-order valence-corrected chi connectivity index (χ2v) is 5.56. The van der Waals surface area contributed by atoms with Crippen LogP contribution in [0.5, 0.6) is 0 Å². The average Bonchev–Trinajstić information content (AvgIpc) is 2.38. The molecule has 0 amide bonds. The molecule has 0 unspecified atom stereocenters. The minimum Gasteiger partial charge on any atom is -0.481 e. The van der Waals surface area contributed by atoms with Crippen molar-refractivity contribution in [3.8, 4) is 0 Å². The van der Waals surface area contributed by atoms with Crippen molar-refractivity contribution in [1.82, 2.24) is 4.72 Å². The van der Waals surface area contributed by atoms with Crippen molar-refractivity contribution in [3.63, 3.8) is 0 Å². The average molecular weight is 301 g/mol. The van der Waals surface area contributed by atoms with Crippen molar-refractivity contribution in [3.05, 3.63) is 29.8 Å². The Morgan fingerprint density at radius 1 is 1.35 bits per heavy atom. The number of ether oxygens (including phenoxy) is 1. The zero-order chi connectivity index (χ0) is 15.2. The van der Waals surface area contributed by atoms with Gasteiger partial charge in [-0.1, -0.05) is 6.07 Å². The lowest BCUT2D eigenvalue weighted by Gasteiger charge is -2.07. The van der Waals surface area contributed by atoms with Gasteiger partial charge in [0.15, 0.2) is 0 Å². The summed E-state index contributed by atoms with van der Waals surface area (Å²) in [5, 5.41) is 8.46. The summed E-state index contributed by atoms with van der Waals surface area (Å²) in [6, 6.07) is 5.35. The molecule has 0 saturated heterocycles. The lowest BCUT2D eigenvalue weighted by molar-refractivity contribution is -0.136. The number of nitrogens with one attached hydrogen (secondary N) is 1. The molecule has 8 heteroatoms. The number of carbonyl (C=O) groups excluding carboxylic acids is 1. The highest BCUT2D eigenvalue weighted by molar-refractivity contribution is 7.89. The van der Waals surface area contributed by atoms with E-state index in [4.69, 9.17) is 9.84 Å².